The van der Waals surface area contributed by atoms with E-state index < -0.39 is 26.6 Å². The number of phosphoric acid groups is 1. The number of hydrogen-bond acceptors (Lipinski definition) is 7. The fourth-order valence-electron chi connectivity index (χ4n) is 8.03. The molecule has 1 amide bonds. The van der Waals surface area contributed by atoms with Gasteiger partial charge in [0.2, 0.25) is 5.91 Å². The zero-order valence-electron chi connectivity index (χ0n) is 47.4. The van der Waals surface area contributed by atoms with E-state index in [9.17, 15) is 19.0 Å². The van der Waals surface area contributed by atoms with Crippen molar-refractivity contribution in [3.63, 3.8) is 0 Å². The summed E-state index contributed by atoms with van der Waals surface area (Å²) in [5, 5.41) is 2.97. The first-order valence-corrected chi connectivity index (χ1v) is 30.9. The number of esters is 1. The standard InChI is InChI=1S/C62H111N2O7P/c1-7-10-13-16-19-22-25-28-30-32-34-37-40-43-46-49-52-55-62(66)71-60(53-50-47-44-41-38-35-27-24-21-18-15-12-9-3)59(58-70-72(67,68)69-57-56-64(4,5)6)63-61(65)54-51-48-45-42-39-36-33-31-29-26-23-20-17-14-11-8-2/h11,14,20,23,28-31,36,39,45,48,50,53,59-60H,7-10,12-13,15-19,21-22,24-27,32-35,37-38,40-44,46-47,49,51-52,54-58H2,1-6H3,(H-,63,65,67,68)/b14-11+,23-20+,30-28+,31-29+,39-36+,48-45+,53-50+. The number of carbonyl (C=O) groups is 2. The Balaban J connectivity index is 5.46. The van der Waals surface area contributed by atoms with Gasteiger partial charge in [-0.25, -0.2) is 0 Å². The zero-order valence-corrected chi connectivity index (χ0v) is 48.3. The van der Waals surface area contributed by atoms with Gasteiger partial charge in [-0.15, -0.1) is 0 Å². The molecule has 0 aliphatic rings. The molecule has 0 aromatic rings. The van der Waals surface area contributed by atoms with Gasteiger partial charge in [0.1, 0.15) is 19.3 Å². The molecule has 0 radical (unpaired) electrons. The Kier molecular flexibility index (Phi) is 49.6. The number of rotatable bonds is 52. The number of nitrogens with one attached hydrogen (secondary N) is 1. The molecule has 1 N–H and O–H groups in total. The topological polar surface area (TPSA) is 114 Å². The van der Waals surface area contributed by atoms with Crippen molar-refractivity contribution in [2.75, 3.05) is 40.9 Å². The lowest BCUT2D eigenvalue weighted by Crippen LogP contribution is -2.47. The number of allylic oxidation sites excluding steroid dienone is 13. The van der Waals surface area contributed by atoms with Gasteiger partial charge in [-0.3, -0.25) is 14.2 Å². The Morgan fingerprint density at radius 3 is 1.36 bits per heavy atom. The van der Waals surface area contributed by atoms with Gasteiger partial charge in [0, 0.05) is 12.8 Å². The average Bonchev–Trinajstić information content (AvgIpc) is 3.34. The molecule has 0 bridgehead atoms. The lowest BCUT2D eigenvalue weighted by molar-refractivity contribution is -0.870. The van der Waals surface area contributed by atoms with Crippen molar-refractivity contribution in [1.29, 1.82) is 0 Å². The van der Waals surface area contributed by atoms with E-state index in [2.05, 4.69) is 86.8 Å². The van der Waals surface area contributed by atoms with Crippen molar-refractivity contribution in [3.8, 4) is 0 Å². The molecule has 0 spiro atoms. The first-order chi connectivity index (χ1) is 34.9. The normalized spacial score (nSPS) is 14.4. The third kappa shape index (κ3) is 52.1. The first-order valence-electron chi connectivity index (χ1n) is 29.4. The predicted octanol–water partition coefficient (Wildman–Crippen LogP) is 17.2. The fraction of sp³-hybridized carbons (Fsp3) is 0.742. The minimum atomic E-state index is -4.72. The van der Waals surface area contributed by atoms with Crippen LogP contribution in [0.5, 0.6) is 0 Å². The van der Waals surface area contributed by atoms with Crippen molar-refractivity contribution < 1.29 is 37.3 Å². The Labute approximate surface area is 444 Å². The summed E-state index contributed by atoms with van der Waals surface area (Å²) in [5.41, 5.74) is 0. The van der Waals surface area contributed by atoms with Gasteiger partial charge < -0.3 is 28.5 Å². The number of unbranched alkanes of at least 4 members (excludes halogenated alkanes) is 24. The summed E-state index contributed by atoms with van der Waals surface area (Å²) in [6.45, 7) is 6.66. The van der Waals surface area contributed by atoms with E-state index in [-0.39, 0.29) is 31.3 Å². The Morgan fingerprint density at radius 2 is 0.903 bits per heavy atom. The maximum atomic E-state index is 13.5. The Bertz CT molecular complexity index is 1510. The van der Waals surface area contributed by atoms with Gasteiger partial charge in [0.15, 0.2) is 0 Å². The molecule has 416 valence electrons. The molecule has 72 heavy (non-hydrogen) atoms. The number of amides is 1. The van der Waals surface area contributed by atoms with E-state index in [1.54, 1.807) is 0 Å². The molecule has 0 saturated heterocycles. The second-order valence-corrected chi connectivity index (χ2v) is 22.2. The molecule has 9 nitrogen and oxygen atoms in total. The van der Waals surface area contributed by atoms with Crippen molar-refractivity contribution in [3.05, 3.63) is 85.1 Å². The molecule has 0 aliphatic heterocycles. The number of ether oxygens (including phenoxy) is 1. The van der Waals surface area contributed by atoms with E-state index in [1.165, 1.54) is 122 Å². The number of quaternary nitrogens is 1. The van der Waals surface area contributed by atoms with Crippen LogP contribution in [0.4, 0.5) is 0 Å². The second-order valence-electron chi connectivity index (χ2n) is 20.8. The van der Waals surface area contributed by atoms with Gasteiger partial charge in [-0.2, -0.15) is 0 Å². The average molecular weight is 1030 g/mol. The van der Waals surface area contributed by atoms with Gasteiger partial charge in [0.25, 0.3) is 7.82 Å². The highest BCUT2D eigenvalue weighted by atomic mass is 31.2. The van der Waals surface area contributed by atoms with Crippen molar-refractivity contribution >= 4 is 19.7 Å². The quantitative estimate of drug-likeness (QED) is 0.0212. The van der Waals surface area contributed by atoms with Crippen LogP contribution in [-0.4, -0.2) is 69.4 Å². The van der Waals surface area contributed by atoms with Gasteiger partial charge >= 0.3 is 5.97 Å². The lowest BCUT2D eigenvalue weighted by Gasteiger charge is -2.30. The second kappa shape index (κ2) is 51.7. The van der Waals surface area contributed by atoms with Crippen molar-refractivity contribution in [1.82, 2.24) is 5.32 Å². The maximum absolute atomic E-state index is 13.5. The predicted molar refractivity (Wildman–Crippen MR) is 307 cm³/mol. The molecule has 0 aromatic heterocycles. The number of likely N-dealkylation sites (N-methyl/N-ethyl adjacent to an activating group) is 1. The molecule has 0 aromatic carbocycles. The molecule has 0 rings (SSSR count). The highest BCUT2D eigenvalue weighted by Gasteiger charge is 2.27. The highest BCUT2D eigenvalue weighted by molar-refractivity contribution is 7.45. The van der Waals surface area contributed by atoms with Crippen LogP contribution in [0.1, 0.15) is 245 Å². The minimum absolute atomic E-state index is 0.0392. The van der Waals surface area contributed by atoms with Crippen molar-refractivity contribution in [2.45, 2.75) is 258 Å². The molecule has 0 saturated carbocycles. The van der Waals surface area contributed by atoms with Crippen LogP contribution >= 0.6 is 7.82 Å². The highest BCUT2D eigenvalue weighted by Crippen LogP contribution is 2.38. The largest absolute Gasteiger partial charge is 0.756 e. The van der Waals surface area contributed by atoms with E-state index >= 15 is 0 Å². The summed E-state index contributed by atoms with van der Waals surface area (Å²) in [6.07, 6.45) is 67.1. The summed E-state index contributed by atoms with van der Waals surface area (Å²) in [6, 6.07) is -0.932. The monoisotopic (exact) mass is 1030 g/mol. The number of phosphoric ester groups is 1. The molecular formula is C62H111N2O7P. The first kappa shape index (κ1) is 69.2. The van der Waals surface area contributed by atoms with Crippen LogP contribution in [0, 0.1) is 0 Å². The van der Waals surface area contributed by atoms with Crippen LogP contribution in [0.25, 0.3) is 0 Å². The molecule has 3 unspecified atom stereocenters. The maximum Gasteiger partial charge on any atom is 0.306 e. The number of nitrogens with zero attached hydrogens (tertiary/aromatic N) is 1. The number of carbonyl (C=O) groups excluding carboxylic acids is 2. The minimum Gasteiger partial charge on any atom is -0.756 e. The van der Waals surface area contributed by atoms with E-state index in [0.717, 1.165) is 77.0 Å². The summed E-state index contributed by atoms with van der Waals surface area (Å²) < 4.78 is 30.2. The summed E-state index contributed by atoms with van der Waals surface area (Å²) in [5.74, 6) is -0.644. The molecule has 0 heterocycles. The summed E-state index contributed by atoms with van der Waals surface area (Å²) in [7, 11) is 1.13. The summed E-state index contributed by atoms with van der Waals surface area (Å²) in [4.78, 5) is 39.9. The smallest absolute Gasteiger partial charge is 0.306 e. The van der Waals surface area contributed by atoms with Crippen LogP contribution in [0.3, 0.4) is 0 Å². The number of hydrogen-bond donors (Lipinski definition) is 1. The molecule has 3 atom stereocenters. The fourth-order valence-corrected chi connectivity index (χ4v) is 8.76. The van der Waals surface area contributed by atoms with Crippen molar-refractivity contribution in [2.24, 2.45) is 0 Å². The Hall–Kier alpha value is -2.81. The van der Waals surface area contributed by atoms with E-state index in [0.29, 0.717) is 23.9 Å². The summed E-state index contributed by atoms with van der Waals surface area (Å²) >= 11 is 0. The van der Waals surface area contributed by atoms with Crippen LogP contribution in [-0.2, 0) is 27.9 Å². The molecular weight excluding hydrogens is 916 g/mol. The Morgan fingerprint density at radius 1 is 0.500 bits per heavy atom. The molecule has 10 heteroatoms. The molecule has 0 fully saturated rings. The van der Waals surface area contributed by atoms with Gasteiger partial charge in [0.05, 0.1) is 33.8 Å². The third-order valence-electron chi connectivity index (χ3n) is 12.6. The van der Waals surface area contributed by atoms with Gasteiger partial charge in [-0.05, 0) is 89.5 Å². The third-order valence-corrected chi connectivity index (χ3v) is 13.5. The van der Waals surface area contributed by atoms with Gasteiger partial charge in [-0.1, -0.05) is 228 Å². The van der Waals surface area contributed by atoms with E-state index in [4.69, 9.17) is 13.8 Å². The lowest BCUT2D eigenvalue weighted by atomic mass is 10.0. The molecule has 0 aliphatic carbocycles. The zero-order chi connectivity index (χ0) is 52.9. The van der Waals surface area contributed by atoms with Crippen LogP contribution in [0.15, 0.2) is 85.1 Å². The van der Waals surface area contributed by atoms with Crippen LogP contribution < -0.4 is 10.2 Å². The SMILES string of the molecule is CC/C=C/C/C=C/C/C=C/C/C=C/C/C=C/CCC(=O)NC(COP(=O)([O-])OCC[N+](C)(C)C)C(/C=C/CCCCCCCCCCCCC)OC(=O)CCCCCCCCC/C=C/CCCCCCCC. The van der Waals surface area contributed by atoms with E-state index in [1.807, 2.05) is 45.4 Å². The van der Waals surface area contributed by atoms with Crippen LogP contribution in [0.2, 0.25) is 0 Å².